The van der Waals surface area contributed by atoms with Crippen molar-refractivity contribution in [1.29, 1.82) is 0 Å². The predicted molar refractivity (Wildman–Crippen MR) is 120 cm³/mol. The highest BCUT2D eigenvalue weighted by atomic mass is 32.1. The van der Waals surface area contributed by atoms with Crippen molar-refractivity contribution in [2.24, 2.45) is 5.92 Å². The maximum Gasteiger partial charge on any atom is 0.573 e. The Labute approximate surface area is 194 Å². The maximum atomic E-state index is 13.0. The Morgan fingerprint density at radius 1 is 1.33 bits per heavy atom. The molecule has 1 aromatic heterocycles. The van der Waals surface area contributed by atoms with E-state index in [0.29, 0.717) is 16.8 Å². The number of fused-ring (bicyclic) bond motifs is 1. The first kappa shape index (κ1) is 25.2. The van der Waals surface area contributed by atoms with Gasteiger partial charge in [-0.2, -0.15) is 0 Å². The predicted octanol–water partition coefficient (Wildman–Crippen LogP) is 3.26. The van der Waals surface area contributed by atoms with E-state index in [1.165, 1.54) is 18.2 Å². The number of nitrogens with one attached hydrogen (secondary N) is 2. The molecule has 2 amide bonds. The number of aromatic nitrogens is 1. The van der Waals surface area contributed by atoms with Crippen LogP contribution in [0.2, 0.25) is 0 Å². The van der Waals surface area contributed by atoms with Crippen LogP contribution < -0.4 is 15.4 Å². The highest BCUT2D eigenvalue weighted by molar-refractivity contribution is 7.22. The quantitative estimate of drug-likeness (QED) is 0.595. The van der Waals surface area contributed by atoms with Gasteiger partial charge in [0, 0.05) is 12.6 Å². The summed E-state index contributed by atoms with van der Waals surface area (Å²) in [4.78, 5) is 33.4. The van der Waals surface area contributed by atoms with Crippen molar-refractivity contribution in [3.8, 4) is 5.75 Å². The van der Waals surface area contributed by atoms with Crippen molar-refractivity contribution in [3.63, 3.8) is 0 Å². The van der Waals surface area contributed by atoms with E-state index >= 15 is 0 Å². The number of nitrogens with zero attached hydrogens (tertiary/aromatic N) is 3. The molecule has 1 aromatic carbocycles. The molecule has 0 bridgehead atoms. The minimum atomic E-state index is -4.78. The van der Waals surface area contributed by atoms with Gasteiger partial charge in [-0.15, -0.1) is 13.2 Å². The molecule has 1 aliphatic rings. The van der Waals surface area contributed by atoms with E-state index in [1.807, 2.05) is 32.8 Å². The van der Waals surface area contributed by atoms with Gasteiger partial charge in [0.15, 0.2) is 5.13 Å². The topological polar surface area (TPSA) is 86.8 Å². The molecule has 0 aliphatic carbocycles. The SMILES string of the molecule is CC(C)[C@@H](C(=O)N1CCC[C@@H]1NCC(=O)Nc1nc2ccc(OC(F)(F)F)cc2s1)N(C)C. The Hall–Kier alpha value is -2.44. The van der Waals surface area contributed by atoms with Gasteiger partial charge in [-0.25, -0.2) is 4.98 Å². The van der Waals surface area contributed by atoms with Gasteiger partial charge in [-0.05, 0) is 45.0 Å². The van der Waals surface area contributed by atoms with Gasteiger partial charge in [-0.3, -0.25) is 19.8 Å². The Morgan fingerprint density at radius 3 is 2.70 bits per heavy atom. The van der Waals surface area contributed by atoms with Crippen molar-refractivity contribution < 1.29 is 27.5 Å². The third-order valence-electron chi connectivity index (χ3n) is 5.31. The molecule has 0 saturated carbocycles. The molecule has 33 heavy (non-hydrogen) atoms. The summed E-state index contributed by atoms with van der Waals surface area (Å²) in [6.45, 7) is 4.62. The zero-order valence-corrected chi connectivity index (χ0v) is 19.7. The van der Waals surface area contributed by atoms with Gasteiger partial charge in [-0.1, -0.05) is 25.2 Å². The number of anilines is 1. The number of alkyl halides is 3. The maximum absolute atomic E-state index is 13.0. The molecule has 1 aliphatic heterocycles. The van der Waals surface area contributed by atoms with Crippen LogP contribution in [0, 0.1) is 5.92 Å². The van der Waals surface area contributed by atoms with Crippen molar-refractivity contribution >= 4 is 38.5 Å². The van der Waals surface area contributed by atoms with Crippen molar-refractivity contribution in [2.75, 3.05) is 32.5 Å². The molecule has 0 spiro atoms. The summed E-state index contributed by atoms with van der Waals surface area (Å²) < 4.78 is 41.6. The van der Waals surface area contributed by atoms with E-state index < -0.39 is 6.36 Å². The minimum absolute atomic E-state index is 0.0267. The van der Waals surface area contributed by atoms with Crippen LogP contribution >= 0.6 is 11.3 Å². The molecule has 2 N–H and O–H groups in total. The molecule has 3 rings (SSSR count). The molecule has 2 heterocycles. The number of benzene rings is 1. The van der Waals surface area contributed by atoms with E-state index in [0.717, 1.165) is 24.2 Å². The number of likely N-dealkylation sites (tertiary alicyclic amines) is 1. The summed E-state index contributed by atoms with van der Waals surface area (Å²) in [7, 11) is 3.76. The lowest BCUT2D eigenvalue weighted by molar-refractivity contribution is -0.274. The van der Waals surface area contributed by atoms with Gasteiger partial charge < -0.3 is 15.0 Å². The highest BCUT2D eigenvalue weighted by Crippen LogP contribution is 2.31. The first-order valence-electron chi connectivity index (χ1n) is 10.6. The summed E-state index contributed by atoms with van der Waals surface area (Å²) in [5.41, 5.74) is 0.453. The number of halogens is 3. The molecule has 2 atom stereocenters. The molecule has 2 aromatic rings. The number of thiazole rings is 1. The third-order valence-corrected chi connectivity index (χ3v) is 6.25. The van der Waals surface area contributed by atoms with Crippen LogP contribution in [-0.4, -0.2) is 72.4 Å². The standard InChI is InChI=1S/C21H28F3N5O3S/c1-12(2)18(28(3)4)19(31)29-9-5-6-16(29)25-11-17(30)27-20-26-14-8-7-13(10-15(14)33-20)32-21(22,23)24/h7-8,10,12,16,18,25H,5-6,9,11H2,1-4H3,(H,26,27,30)/t16-,18+/m1/s1. The molecule has 8 nitrogen and oxygen atoms in total. The van der Waals surface area contributed by atoms with E-state index in [2.05, 4.69) is 20.4 Å². The van der Waals surface area contributed by atoms with Crippen LogP contribution in [-0.2, 0) is 9.59 Å². The van der Waals surface area contributed by atoms with Gasteiger partial charge >= 0.3 is 6.36 Å². The summed E-state index contributed by atoms with van der Waals surface area (Å²) in [5, 5.41) is 6.07. The van der Waals surface area contributed by atoms with Crippen molar-refractivity contribution in [2.45, 2.75) is 45.3 Å². The van der Waals surface area contributed by atoms with Gasteiger partial charge in [0.25, 0.3) is 0 Å². The normalized spacial score (nSPS) is 17.7. The molecule has 12 heteroatoms. The second kappa shape index (κ2) is 10.2. The lowest BCUT2D eigenvalue weighted by atomic mass is 10.0. The zero-order chi connectivity index (χ0) is 24.3. The smallest absolute Gasteiger partial charge is 0.406 e. The number of amides is 2. The number of carbonyl (C=O) groups excluding carboxylic acids is 2. The van der Waals surface area contributed by atoms with E-state index in [-0.39, 0.29) is 47.4 Å². The lowest BCUT2D eigenvalue weighted by Gasteiger charge is -2.34. The molecule has 0 radical (unpaired) electrons. The monoisotopic (exact) mass is 487 g/mol. The van der Waals surface area contributed by atoms with Crippen LogP contribution in [0.15, 0.2) is 18.2 Å². The summed E-state index contributed by atoms with van der Waals surface area (Å²) in [5.74, 6) is -0.513. The number of rotatable bonds is 8. The lowest BCUT2D eigenvalue weighted by Crippen LogP contribution is -2.54. The number of hydrogen-bond donors (Lipinski definition) is 2. The molecule has 182 valence electrons. The molecular weight excluding hydrogens is 459 g/mol. The first-order valence-corrected chi connectivity index (χ1v) is 11.4. The second-order valence-corrected chi connectivity index (χ2v) is 9.50. The number of ether oxygens (including phenoxy) is 1. The summed E-state index contributed by atoms with van der Waals surface area (Å²) >= 11 is 1.05. The summed E-state index contributed by atoms with van der Waals surface area (Å²) in [6, 6.07) is 3.56. The largest absolute Gasteiger partial charge is 0.573 e. The fourth-order valence-corrected chi connectivity index (χ4v) is 4.95. The Bertz CT molecular complexity index is 987. The molecule has 1 fully saturated rings. The fraction of sp³-hybridized carbons (Fsp3) is 0.571. The molecule has 0 unspecified atom stereocenters. The average molecular weight is 488 g/mol. The Morgan fingerprint density at radius 2 is 2.06 bits per heavy atom. The Kier molecular flexibility index (Phi) is 7.80. The number of hydrogen-bond acceptors (Lipinski definition) is 7. The van der Waals surface area contributed by atoms with Crippen LogP contribution in [0.5, 0.6) is 5.75 Å². The van der Waals surface area contributed by atoms with Crippen LogP contribution in [0.3, 0.4) is 0 Å². The molecular formula is C21H28F3N5O3S. The molecule has 1 saturated heterocycles. The minimum Gasteiger partial charge on any atom is -0.406 e. The van der Waals surface area contributed by atoms with Gasteiger partial charge in [0.05, 0.1) is 29.0 Å². The van der Waals surface area contributed by atoms with E-state index in [9.17, 15) is 22.8 Å². The van der Waals surface area contributed by atoms with Crippen molar-refractivity contribution in [1.82, 2.24) is 20.1 Å². The zero-order valence-electron chi connectivity index (χ0n) is 18.9. The van der Waals surface area contributed by atoms with Gasteiger partial charge in [0.1, 0.15) is 5.75 Å². The van der Waals surface area contributed by atoms with E-state index in [1.54, 1.807) is 4.90 Å². The van der Waals surface area contributed by atoms with Crippen molar-refractivity contribution in [3.05, 3.63) is 18.2 Å². The third kappa shape index (κ3) is 6.55. The number of carbonyl (C=O) groups is 2. The fourth-order valence-electron chi connectivity index (χ4n) is 4.04. The highest BCUT2D eigenvalue weighted by Gasteiger charge is 2.35. The second-order valence-electron chi connectivity index (χ2n) is 8.47. The first-order chi connectivity index (χ1) is 15.4. The average Bonchev–Trinajstić information content (AvgIpc) is 3.30. The van der Waals surface area contributed by atoms with Gasteiger partial charge in [0.2, 0.25) is 11.8 Å². The van der Waals surface area contributed by atoms with Crippen LogP contribution in [0.25, 0.3) is 10.2 Å². The van der Waals surface area contributed by atoms with Crippen LogP contribution in [0.4, 0.5) is 18.3 Å². The summed E-state index contributed by atoms with van der Waals surface area (Å²) in [6.07, 6.45) is -3.41. The Balaban J connectivity index is 1.58. The number of likely N-dealkylation sites (N-methyl/N-ethyl adjacent to an activating group) is 1. The van der Waals surface area contributed by atoms with Crippen LogP contribution in [0.1, 0.15) is 26.7 Å². The van der Waals surface area contributed by atoms with E-state index in [4.69, 9.17) is 0 Å².